The normalized spacial score (nSPS) is 12.2. The molecule has 1 atom stereocenters. The second kappa shape index (κ2) is 8.45. The van der Waals surface area contributed by atoms with E-state index in [9.17, 15) is 9.59 Å². The van der Waals surface area contributed by atoms with E-state index in [1.165, 1.54) is 5.56 Å². The van der Waals surface area contributed by atoms with Gasteiger partial charge in [0.25, 0.3) is 0 Å². The zero-order chi connectivity index (χ0) is 15.8. The van der Waals surface area contributed by atoms with Crippen LogP contribution in [0.25, 0.3) is 0 Å². The van der Waals surface area contributed by atoms with Crippen molar-refractivity contribution in [2.24, 2.45) is 5.92 Å². The lowest BCUT2D eigenvalue weighted by molar-refractivity contribution is -0.146. The van der Waals surface area contributed by atoms with Gasteiger partial charge in [-0.2, -0.15) is 0 Å². The lowest BCUT2D eigenvalue weighted by atomic mass is 9.97. The molecule has 0 aliphatic carbocycles. The summed E-state index contributed by atoms with van der Waals surface area (Å²) in [5.74, 6) is -0.910. The number of carboxylic acids is 1. The molecule has 1 rings (SSSR count). The summed E-state index contributed by atoms with van der Waals surface area (Å²) in [6.07, 6.45) is 1.39. The summed E-state index contributed by atoms with van der Waals surface area (Å²) in [6, 6.07) is 8.01. The van der Waals surface area contributed by atoms with E-state index in [4.69, 9.17) is 9.84 Å². The molecule has 21 heavy (non-hydrogen) atoms. The Morgan fingerprint density at radius 1 is 1.14 bits per heavy atom. The molecule has 0 spiro atoms. The number of hydrogen-bond acceptors (Lipinski definition) is 3. The third kappa shape index (κ3) is 6.43. The van der Waals surface area contributed by atoms with Crippen molar-refractivity contribution in [1.82, 2.24) is 0 Å². The maximum Gasteiger partial charge on any atom is 0.313 e. The number of esters is 1. The van der Waals surface area contributed by atoms with Crippen molar-refractivity contribution < 1.29 is 19.4 Å². The zero-order valence-electron chi connectivity index (χ0n) is 13.0. The van der Waals surface area contributed by atoms with Gasteiger partial charge in [0.05, 0.1) is 12.5 Å². The van der Waals surface area contributed by atoms with E-state index in [2.05, 4.69) is 13.8 Å². The van der Waals surface area contributed by atoms with E-state index < -0.39 is 5.97 Å². The van der Waals surface area contributed by atoms with Crippen LogP contribution in [0.5, 0.6) is 0 Å². The standard InChI is InChI=1S/C17H24O4/c1-12(2)11-14-6-8-15(9-7-14)13(3)17(20)21-10-4-5-16(18)19/h6-9,12-13H,4-5,10-11H2,1-3H3,(H,18,19)/t13-/m0/s1. The summed E-state index contributed by atoms with van der Waals surface area (Å²) in [4.78, 5) is 22.2. The van der Waals surface area contributed by atoms with Crippen LogP contribution in [0.3, 0.4) is 0 Å². The number of hydrogen-bond donors (Lipinski definition) is 1. The van der Waals surface area contributed by atoms with Gasteiger partial charge in [-0.3, -0.25) is 9.59 Å². The molecule has 1 aromatic rings. The summed E-state index contributed by atoms with van der Waals surface area (Å²) < 4.78 is 5.10. The smallest absolute Gasteiger partial charge is 0.313 e. The van der Waals surface area contributed by atoms with Crippen molar-refractivity contribution in [2.45, 2.75) is 46.0 Å². The average molecular weight is 292 g/mol. The fourth-order valence-electron chi connectivity index (χ4n) is 2.07. The predicted octanol–water partition coefficient (Wildman–Crippen LogP) is 3.40. The van der Waals surface area contributed by atoms with E-state index in [1.54, 1.807) is 6.92 Å². The van der Waals surface area contributed by atoms with E-state index in [-0.39, 0.29) is 24.9 Å². The van der Waals surface area contributed by atoms with Crippen molar-refractivity contribution in [1.29, 1.82) is 0 Å². The van der Waals surface area contributed by atoms with Crippen LogP contribution < -0.4 is 0 Å². The minimum Gasteiger partial charge on any atom is -0.481 e. The molecule has 0 bridgehead atoms. The first kappa shape index (κ1) is 17.2. The molecule has 4 heteroatoms. The van der Waals surface area contributed by atoms with Gasteiger partial charge in [-0.25, -0.2) is 0 Å². The Kier molecular flexibility index (Phi) is 6.92. The maximum absolute atomic E-state index is 11.9. The van der Waals surface area contributed by atoms with Crippen molar-refractivity contribution in [3.63, 3.8) is 0 Å². The molecule has 0 radical (unpaired) electrons. The largest absolute Gasteiger partial charge is 0.481 e. The summed E-state index contributed by atoms with van der Waals surface area (Å²) in [5.41, 5.74) is 2.18. The Morgan fingerprint density at radius 2 is 1.76 bits per heavy atom. The van der Waals surface area contributed by atoms with Gasteiger partial charge in [-0.15, -0.1) is 0 Å². The molecule has 4 nitrogen and oxygen atoms in total. The molecule has 0 unspecified atom stereocenters. The lowest BCUT2D eigenvalue weighted by Gasteiger charge is -2.12. The summed E-state index contributed by atoms with van der Waals surface area (Å²) >= 11 is 0. The van der Waals surface area contributed by atoms with Gasteiger partial charge >= 0.3 is 11.9 Å². The first-order valence-electron chi connectivity index (χ1n) is 7.37. The van der Waals surface area contributed by atoms with Gasteiger partial charge in [-0.05, 0) is 36.8 Å². The van der Waals surface area contributed by atoms with Gasteiger partial charge in [0.15, 0.2) is 0 Å². The number of carbonyl (C=O) groups excluding carboxylic acids is 1. The van der Waals surface area contributed by atoms with E-state index in [0.717, 1.165) is 12.0 Å². The third-order valence-electron chi connectivity index (χ3n) is 3.26. The highest BCUT2D eigenvalue weighted by molar-refractivity contribution is 5.77. The second-order valence-corrected chi connectivity index (χ2v) is 5.73. The highest BCUT2D eigenvalue weighted by Gasteiger charge is 2.16. The second-order valence-electron chi connectivity index (χ2n) is 5.73. The number of carboxylic acid groups (broad SMARTS) is 1. The molecule has 0 saturated carbocycles. The van der Waals surface area contributed by atoms with E-state index >= 15 is 0 Å². The Balaban J connectivity index is 2.48. The average Bonchev–Trinajstić information content (AvgIpc) is 2.42. The van der Waals surface area contributed by atoms with Crippen LogP contribution in [0.2, 0.25) is 0 Å². The first-order valence-corrected chi connectivity index (χ1v) is 7.37. The predicted molar refractivity (Wildman–Crippen MR) is 81.2 cm³/mol. The Labute approximate surface area is 126 Å². The SMILES string of the molecule is CC(C)Cc1ccc([C@H](C)C(=O)OCCCC(=O)O)cc1. The van der Waals surface area contributed by atoms with E-state index in [1.807, 2.05) is 24.3 Å². The summed E-state index contributed by atoms with van der Waals surface area (Å²) in [6.45, 7) is 6.30. The minimum atomic E-state index is -0.875. The topological polar surface area (TPSA) is 63.6 Å². The Morgan fingerprint density at radius 3 is 2.29 bits per heavy atom. The molecule has 0 saturated heterocycles. The fraction of sp³-hybridized carbons (Fsp3) is 0.529. The van der Waals surface area contributed by atoms with Crippen LogP contribution in [-0.2, 0) is 20.7 Å². The molecule has 0 heterocycles. The molecule has 0 fully saturated rings. The molecular formula is C17H24O4. The third-order valence-corrected chi connectivity index (χ3v) is 3.26. The maximum atomic E-state index is 11.9. The highest BCUT2D eigenvalue weighted by Crippen LogP contribution is 2.19. The van der Waals surface area contributed by atoms with Crippen LogP contribution in [0.1, 0.15) is 50.7 Å². The number of rotatable bonds is 8. The number of benzene rings is 1. The molecule has 1 aromatic carbocycles. The summed E-state index contributed by atoms with van der Waals surface area (Å²) in [5, 5.41) is 8.51. The van der Waals surface area contributed by atoms with Gasteiger partial charge in [-0.1, -0.05) is 38.1 Å². The quantitative estimate of drug-likeness (QED) is 0.589. The highest BCUT2D eigenvalue weighted by atomic mass is 16.5. The molecule has 0 aliphatic heterocycles. The summed E-state index contributed by atoms with van der Waals surface area (Å²) in [7, 11) is 0. The molecular weight excluding hydrogens is 268 g/mol. The molecule has 116 valence electrons. The number of ether oxygens (including phenoxy) is 1. The van der Waals surface area contributed by atoms with Crippen molar-refractivity contribution in [3.05, 3.63) is 35.4 Å². The molecule has 0 aliphatic rings. The van der Waals surface area contributed by atoms with E-state index in [0.29, 0.717) is 12.3 Å². The minimum absolute atomic E-state index is 0.0194. The van der Waals surface area contributed by atoms with Crippen molar-refractivity contribution in [3.8, 4) is 0 Å². The Bertz CT molecular complexity index is 462. The molecule has 0 amide bonds. The molecule has 1 N–H and O–H groups in total. The van der Waals surface area contributed by atoms with Gasteiger partial charge in [0.1, 0.15) is 0 Å². The van der Waals surface area contributed by atoms with Crippen LogP contribution in [0.4, 0.5) is 0 Å². The van der Waals surface area contributed by atoms with Gasteiger partial charge in [0, 0.05) is 6.42 Å². The fourth-order valence-corrected chi connectivity index (χ4v) is 2.07. The monoisotopic (exact) mass is 292 g/mol. The number of aliphatic carboxylic acids is 1. The van der Waals surface area contributed by atoms with Gasteiger partial charge < -0.3 is 9.84 Å². The van der Waals surface area contributed by atoms with Crippen LogP contribution in [0.15, 0.2) is 24.3 Å². The first-order chi connectivity index (χ1) is 9.90. The van der Waals surface area contributed by atoms with Gasteiger partial charge in [0.2, 0.25) is 0 Å². The lowest BCUT2D eigenvalue weighted by Crippen LogP contribution is -2.14. The van der Waals surface area contributed by atoms with Crippen LogP contribution in [-0.4, -0.2) is 23.7 Å². The van der Waals surface area contributed by atoms with Crippen LogP contribution >= 0.6 is 0 Å². The number of carbonyl (C=O) groups is 2. The van der Waals surface area contributed by atoms with Crippen molar-refractivity contribution in [2.75, 3.05) is 6.61 Å². The van der Waals surface area contributed by atoms with Crippen LogP contribution in [0, 0.1) is 5.92 Å². The Hall–Kier alpha value is -1.84. The van der Waals surface area contributed by atoms with Crippen molar-refractivity contribution >= 4 is 11.9 Å². The molecule has 0 aromatic heterocycles. The zero-order valence-corrected chi connectivity index (χ0v) is 13.0.